The maximum absolute atomic E-state index is 13.6. The third-order valence-corrected chi connectivity index (χ3v) is 13.9. The van der Waals surface area contributed by atoms with Crippen LogP contribution in [0.4, 0.5) is 21.0 Å². The van der Waals surface area contributed by atoms with E-state index < -0.39 is 71.3 Å². The first-order valence-electron chi connectivity index (χ1n) is 27.3. The fourth-order valence-corrected chi connectivity index (χ4v) is 10.00. The van der Waals surface area contributed by atoms with Gasteiger partial charge in [-0.2, -0.15) is 0 Å². The Morgan fingerprint density at radius 1 is 0.494 bits per heavy atom. The van der Waals surface area contributed by atoms with Gasteiger partial charge in [-0.25, -0.2) is 29.1 Å². The summed E-state index contributed by atoms with van der Waals surface area (Å²) in [6, 6.07) is 25.5. The molecule has 0 saturated carbocycles. The number of fused-ring (bicyclic) bond motifs is 6. The van der Waals surface area contributed by atoms with E-state index in [1.807, 2.05) is 48.5 Å². The molecule has 0 spiro atoms. The number of carbonyl (C=O) groups is 6. The van der Waals surface area contributed by atoms with Crippen LogP contribution in [0.5, 0.6) is 0 Å². The van der Waals surface area contributed by atoms with E-state index in [-0.39, 0.29) is 25.7 Å². The molecule has 20 heteroatoms. The third-order valence-electron chi connectivity index (χ3n) is 13.9. The summed E-state index contributed by atoms with van der Waals surface area (Å²) in [6.45, 7) is 12.8. The largest absolute Gasteiger partial charge is 0.467 e. The van der Waals surface area contributed by atoms with Crippen molar-refractivity contribution in [2.24, 2.45) is 0 Å². The number of hydrogen-bond acceptors (Lipinski definition) is 14. The van der Waals surface area contributed by atoms with E-state index in [0.717, 1.165) is 67.7 Å². The number of aryl methyl sites for hydroxylation is 4. The van der Waals surface area contributed by atoms with E-state index in [1.165, 1.54) is 60.5 Å². The summed E-state index contributed by atoms with van der Waals surface area (Å²) in [7, 11) is 2.55. The van der Waals surface area contributed by atoms with Crippen LogP contribution in [-0.2, 0) is 103 Å². The number of aromatic amines is 2. The second-order valence-electron chi connectivity index (χ2n) is 22.6. The van der Waals surface area contributed by atoms with Gasteiger partial charge in [0.05, 0.1) is 33.5 Å². The van der Waals surface area contributed by atoms with Crippen LogP contribution < -0.4 is 31.1 Å². The van der Waals surface area contributed by atoms with Crippen LogP contribution in [0.3, 0.4) is 0 Å². The van der Waals surface area contributed by atoms with Crippen molar-refractivity contribution in [3.05, 3.63) is 166 Å². The number of amides is 4. The topological polar surface area (TPSA) is 251 Å². The summed E-state index contributed by atoms with van der Waals surface area (Å²) in [4.78, 5) is 97.4. The number of rotatable bonds is 22. The zero-order valence-corrected chi connectivity index (χ0v) is 47.4. The normalized spacial score (nSPS) is 14.2. The van der Waals surface area contributed by atoms with E-state index in [4.69, 9.17) is 18.9 Å². The molecule has 0 radical (unpaired) electrons. The lowest BCUT2D eigenvalue weighted by Crippen LogP contribution is -2.54. The highest BCUT2D eigenvalue weighted by Gasteiger charge is 2.33. The summed E-state index contributed by atoms with van der Waals surface area (Å²) in [5.74, 6) is -2.35. The van der Waals surface area contributed by atoms with E-state index >= 15 is 0 Å². The summed E-state index contributed by atoms with van der Waals surface area (Å²) in [5.41, 5.74) is 11.2. The molecule has 2 aromatic heterocycles. The highest BCUT2D eigenvalue weighted by molar-refractivity contribution is 5.91. The van der Waals surface area contributed by atoms with Gasteiger partial charge in [-0.15, -0.1) is 0 Å². The number of carbonyl (C=O) groups excluding carboxylic acids is 6. The van der Waals surface area contributed by atoms with Crippen LogP contribution in [0.15, 0.2) is 110 Å². The number of ether oxygens (including phenoxy) is 4. The second kappa shape index (κ2) is 26.1. The molecule has 2 aliphatic rings. The Labute approximate surface area is 472 Å². The molecule has 6 N–H and O–H groups in total. The van der Waals surface area contributed by atoms with Gasteiger partial charge in [-0.3, -0.25) is 9.59 Å². The molecular weight excluding hydrogens is 1030 g/mol. The predicted molar refractivity (Wildman–Crippen MR) is 304 cm³/mol. The molecule has 81 heavy (non-hydrogen) atoms. The number of aromatic nitrogens is 4. The first-order valence-corrected chi connectivity index (χ1v) is 27.3. The highest BCUT2D eigenvalue weighted by Crippen LogP contribution is 2.39. The van der Waals surface area contributed by atoms with Crippen molar-refractivity contribution >= 4 is 47.3 Å². The zero-order valence-electron chi connectivity index (χ0n) is 47.4. The molecule has 8 rings (SSSR count). The Hall–Kier alpha value is -8.68. The maximum atomic E-state index is 13.6. The molecule has 4 amide bonds. The number of imidazole rings is 2. The Bertz CT molecular complexity index is 2920. The molecule has 4 atom stereocenters. The van der Waals surface area contributed by atoms with Gasteiger partial charge in [0.1, 0.15) is 35.4 Å². The molecule has 0 aliphatic carbocycles. The smallest absolute Gasteiger partial charge is 0.408 e. The van der Waals surface area contributed by atoms with Crippen molar-refractivity contribution in [1.82, 2.24) is 41.2 Å². The molecule has 0 saturated heterocycles. The summed E-state index contributed by atoms with van der Waals surface area (Å²) in [5, 5.41) is 10.8. The van der Waals surface area contributed by atoms with Crippen molar-refractivity contribution in [2.75, 3.05) is 30.7 Å². The quantitative estimate of drug-likeness (QED) is 0.0307. The minimum absolute atomic E-state index is 0.0987. The van der Waals surface area contributed by atoms with Crippen molar-refractivity contribution in [1.29, 1.82) is 0 Å². The molecule has 2 bridgehead atoms. The average molecular weight is 1110 g/mol. The minimum atomic E-state index is -1.05. The molecule has 4 heterocycles. The van der Waals surface area contributed by atoms with Crippen LogP contribution in [0.2, 0.25) is 0 Å². The van der Waals surface area contributed by atoms with E-state index in [0.29, 0.717) is 11.4 Å². The number of benzene rings is 4. The lowest BCUT2D eigenvalue weighted by molar-refractivity contribution is -0.145. The molecule has 0 fully saturated rings. The van der Waals surface area contributed by atoms with E-state index in [9.17, 15) is 28.8 Å². The standard InChI is InChI=1S/C61H74N10O10/c1-60(2,3)80-58(76)68-48(29-46-31-62-35-64-46)54(72)66-50(56(74)78-7)27-42-17-11-38(12-18-42)9-15-40-21-23-52-44(25-40)33-70-37-71(52)34-45-26-41(22-24-53(45)70)16-10-39-13-19-43(20-14-39)28-51(57(75)79-8)67-55(73)49(30-47-32-63-36-65-47)69-59(77)81-61(4,5)6/h11-14,17-26,31-32,35-36,48-51H,9-10,15-16,27-30,33-34,37H2,1-8H3,(H,62,64)(H,63,65)(H,66,72)(H,67,73)(H,68,76)(H,69,77)/t48-,49-,50-,51-/m0/s1. The lowest BCUT2D eigenvalue weighted by atomic mass is 9.95. The first-order chi connectivity index (χ1) is 38.7. The van der Waals surface area contributed by atoms with Crippen LogP contribution in [0.25, 0.3) is 0 Å². The Morgan fingerprint density at radius 3 is 1.20 bits per heavy atom. The summed E-state index contributed by atoms with van der Waals surface area (Å²) >= 11 is 0. The van der Waals surface area contributed by atoms with Crippen molar-refractivity contribution in [3.63, 3.8) is 0 Å². The van der Waals surface area contributed by atoms with Crippen LogP contribution in [0, 0.1) is 0 Å². The summed E-state index contributed by atoms with van der Waals surface area (Å²) < 4.78 is 20.9. The third kappa shape index (κ3) is 16.7. The summed E-state index contributed by atoms with van der Waals surface area (Å²) in [6.07, 6.45) is 8.44. The lowest BCUT2D eigenvalue weighted by Gasteiger charge is -2.45. The average Bonchev–Trinajstić information content (AvgIpc) is 4.19. The molecule has 2 aliphatic heterocycles. The molecule has 4 aromatic carbocycles. The van der Waals surface area contributed by atoms with Gasteiger partial charge in [0, 0.05) is 73.9 Å². The molecule has 6 aromatic rings. The number of hydrogen-bond donors (Lipinski definition) is 6. The van der Waals surface area contributed by atoms with Gasteiger partial charge in [0.2, 0.25) is 11.8 Å². The Kier molecular flexibility index (Phi) is 18.8. The molecular formula is C61H74N10O10. The Morgan fingerprint density at radius 2 is 0.852 bits per heavy atom. The number of nitrogens with zero attached hydrogens (tertiary/aromatic N) is 4. The predicted octanol–water partition coefficient (Wildman–Crippen LogP) is 6.67. The highest BCUT2D eigenvalue weighted by atomic mass is 16.6. The van der Waals surface area contributed by atoms with E-state index in [2.05, 4.69) is 87.4 Å². The fraction of sp³-hybridized carbons (Fsp3) is 0.410. The van der Waals surface area contributed by atoms with Gasteiger partial charge in [-0.05, 0) is 124 Å². The van der Waals surface area contributed by atoms with E-state index in [1.54, 1.807) is 53.9 Å². The van der Waals surface area contributed by atoms with Crippen molar-refractivity contribution < 1.29 is 47.7 Å². The monoisotopic (exact) mass is 1110 g/mol. The van der Waals surface area contributed by atoms with Crippen molar-refractivity contribution in [2.45, 2.75) is 141 Å². The van der Waals surface area contributed by atoms with Crippen molar-refractivity contribution in [3.8, 4) is 0 Å². The first kappa shape index (κ1) is 58.5. The van der Waals surface area contributed by atoms with Gasteiger partial charge < -0.3 is 60.0 Å². The second-order valence-corrected chi connectivity index (χ2v) is 22.6. The zero-order chi connectivity index (χ0) is 57.8. The number of esters is 2. The van der Waals surface area contributed by atoms with Gasteiger partial charge in [0.15, 0.2) is 0 Å². The maximum Gasteiger partial charge on any atom is 0.408 e. The number of methoxy groups -OCH3 is 2. The van der Waals surface area contributed by atoms with Gasteiger partial charge >= 0.3 is 24.1 Å². The van der Waals surface area contributed by atoms with Crippen LogP contribution >= 0.6 is 0 Å². The van der Waals surface area contributed by atoms with Crippen LogP contribution in [0.1, 0.15) is 97.4 Å². The van der Waals surface area contributed by atoms with Gasteiger partial charge in [0.25, 0.3) is 0 Å². The number of alkyl carbamates (subject to hydrolysis) is 2. The molecule has 428 valence electrons. The minimum Gasteiger partial charge on any atom is -0.467 e. The molecule has 0 unspecified atom stereocenters. The Balaban J connectivity index is 0.824. The van der Waals surface area contributed by atoms with Gasteiger partial charge in [-0.1, -0.05) is 72.8 Å². The number of anilines is 2. The SMILES string of the molecule is COC(=O)[C@H](Cc1ccc(CCc2ccc3c(c2)CN2CN3Cc3cc(CCc4ccc(C[C@H](NC(=O)[C@H](Cc5cnc[nH]5)NC(=O)OC(C)(C)C)C(=O)OC)cc4)ccc32)cc1)NC(=O)[C@H](Cc1cnc[nH]1)NC(=O)OC(C)(C)C. The number of H-pyrrole nitrogens is 2. The molecule has 20 nitrogen and oxygen atoms in total. The van der Waals surface area contributed by atoms with Crippen LogP contribution in [-0.4, -0.2) is 112 Å². The fourth-order valence-electron chi connectivity index (χ4n) is 10.00. The number of nitrogens with one attached hydrogen (secondary N) is 6.